The Morgan fingerprint density at radius 1 is 1.42 bits per heavy atom. The molecular weight excluding hydrogens is 250 g/mol. The summed E-state index contributed by atoms with van der Waals surface area (Å²) in [5.41, 5.74) is 5.22. The lowest BCUT2D eigenvalue weighted by molar-refractivity contribution is -0.142. The van der Waals surface area contributed by atoms with Crippen molar-refractivity contribution in [3.05, 3.63) is 18.1 Å². The summed E-state index contributed by atoms with van der Waals surface area (Å²) in [5, 5.41) is 9.14. The number of aromatic nitrogens is 2. The molecular formula is C11H15N5O3. The Morgan fingerprint density at radius 3 is 2.79 bits per heavy atom. The molecule has 102 valence electrons. The quantitative estimate of drug-likeness (QED) is 0.704. The highest BCUT2D eigenvalue weighted by Gasteiger charge is 2.30. The number of nitrogens with zero attached hydrogens (tertiary/aromatic N) is 4. The second-order valence-electron chi connectivity index (χ2n) is 4.41. The van der Waals surface area contributed by atoms with Crippen LogP contribution in [0.4, 0.5) is 5.82 Å². The van der Waals surface area contributed by atoms with Gasteiger partial charge in [-0.05, 0) is 7.05 Å². The zero-order valence-corrected chi connectivity index (χ0v) is 10.5. The van der Waals surface area contributed by atoms with Gasteiger partial charge in [-0.3, -0.25) is 19.5 Å². The first-order chi connectivity index (χ1) is 8.99. The lowest BCUT2D eigenvalue weighted by Gasteiger charge is -2.37. The normalized spacial score (nSPS) is 20.3. The fourth-order valence-electron chi connectivity index (χ4n) is 1.98. The molecule has 0 aromatic carbocycles. The molecule has 3 N–H and O–H groups in total. The minimum Gasteiger partial charge on any atom is -0.480 e. The number of amides is 1. The maximum absolute atomic E-state index is 11.1. The van der Waals surface area contributed by atoms with E-state index in [0.717, 1.165) is 0 Å². The van der Waals surface area contributed by atoms with Crippen molar-refractivity contribution in [2.45, 2.75) is 6.04 Å². The zero-order chi connectivity index (χ0) is 14.0. The van der Waals surface area contributed by atoms with Gasteiger partial charge in [0, 0.05) is 19.6 Å². The second-order valence-corrected chi connectivity index (χ2v) is 4.41. The Kier molecular flexibility index (Phi) is 3.61. The third-order valence-electron chi connectivity index (χ3n) is 3.13. The molecule has 2 heterocycles. The largest absolute Gasteiger partial charge is 0.480 e. The van der Waals surface area contributed by atoms with E-state index in [9.17, 15) is 9.59 Å². The molecule has 1 saturated heterocycles. The van der Waals surface area contributed by atoms with Crippen LogP contribution in [0.15, 0.2) is 12.4 Å². The van der Waals surface area contributed by atoms with Gasteiger partial charge < -0.3 is 15.7 Å². The Balaban J connectivity index is 2.20. The van der Waals surface area contributed by atoms with E-state index in [4.69, 9.17) is 10.8 Å². The van der Waals surface area contributed by atoms with Gasteiger partial charge in [0.1, 0.15) is 17.6 Å². The van der Waals surface area contributed by atoms with Gasteiger partial charge in [-0.1, -0.05) is 0 Å². The third-order valence-corrected chi connectivity index (χ3v) is 3.13. The van der Waals surface area contributed by atoms with E-state index in [2.05, 4.69) is 9.97 Å². The number of aliphatic carboxylic acids is 1. The van der Waals surface area contributed by atoms with Crippen LogP contribution < -0.4 is 10.6 Å². The van der Waals surface area contributed by atoms with Gasteiger partial charge in [0.05, 0.1) is 12.4 Å². The summed E-state index contributed by atoms with van der Waals surface area (Å²) >= 11 is 0. The Labute approximate surface area is 109 Å². The van der Waals surface area contributed by atoms with Crippen LogP contribution in [0.25, 0.3) is 0 Å². The monoisotopic (exact) mass is 265 g/mol. The van der Waals surface area contributed by atoms with E-state index >= 15 is 0 Å². The molecule has 1 aliphatic rings. The van der Waals surface area contributed by atoms with Crippen molar-refractivity contribution in [1.29, 1.82) is 0 Å². The van der Waals surface area contributed by atoms with Gasteiger partial charge in [-0.25, -0.2) is 4.98 Å². The van der Waals surface area contributed by atoms with Crippen molar-refractivity contribution < 1.29 is 14.7 Å². The minimum atomic E-state index is -0.883. The predicted octanol–water partition coefficient (Wildman–Crippen LogP) is -1.22. The van der Waals surface area contributed by atoms with Crippen molar-refractivity contribution in [2.24, 2.45) is 5.73 Å². The molecule has 1 fully saturated rings. The summed E-state index contributed by atoms with van der Waals surface area (Å²) in [7, 11) is 1.77. The molecule has 1 unspecified atom stereocenters. The summed E-state index contributed by atoms with van der Waals surface area (Å²) in [6.07, 6.45) is 2.78. The average Bonchev–Trinajstić information content (AvgIpc) is 2.39. The van der Waals surface area contributed by atoms with Crippen molar-refractivity contribution in [3.8, 4) is 0 Å². The number of carbonyl (C=O) groups excluding carboxylic acids is 1. The standard InChI is InChI=1S/C11H15N5O3/c1-15-2-3-16(6-8(15)11(18)19)9-5-13-4-7(14-9)10(12)17/h4-5,8H,2-3,6H2,1H3,(H2,12,17)(H,18,19). The number of nitrogens with two attached hydrogens (primary N) is 1. The fraction of sp³-hybridized carbons (Fsp3) is 0.455. The van der Waals surface area contributed by atoms with Crippen LogP contribution >= 0.6 is 0 Å². The SMILES string of the molecule is CN1CCN(c2cncc(C(N)=O)n2)CC1C(=O)O. The number of rotatable bonds is 3. The zero-order valence-electron chi connectivity index (χ0n) is 10.5. The van der Waals surface area contributed by atoms with Gasteiger partial charge in [-0.2, -0.15) is 0 Å². The molecule has 1 aromatic rings. The topological polar surface area (TPSA) is 113 Å². The molecule has 0 aliphatic carbocycles. The van der Waals surface area contributed by atoms with Crippen molar-refractivity contribution >= 4 is 17.7 Å². The predicted molar refractivity (Wildman–Crippen MR) is 66.8 cm³/mol. The van der Waals surface area contributed by atoms with Gasteiger partial charge >= 0.3 is 5.97 Å². The van der Waals surface area contributed by atoms with Crippen molar-refractivity contribution in [1.82, 2.24) is 14.9 Å². The van der Waals surface area contributed by atoms with Crippen molar-refractivity contribution in [3.63, 3.8) is 0 Å². The fourth-order valence-corrected chi connectivity index (χ4v) is 1.98. The van der Waals surface area contributed by atoms with E-state index < -0.39 is 17.9 Å². The van der Waals surface area contributed by atoms with Crippen LogP contribution in [0.1, 0.15) is 10.5 Å². The summed E-state index contributed by atoms with van der Waals surface area (Å²) in [5.74, 6) is -1.07. The summed E-state index contributed by atoms with van der Waals surface area (Å²) in [6, 6.07) is -0.604. The van der Waals surface area contributed by atoms with Crippen LogP contribution in [0.2, 0.25) is 0 Å². The minimum absolute atomic E-state index is 0.0725. The van der Waals surface area contributed by atoms with E-state index in [1.54, 1.807) is 16.8 Å². The van der Waals surface area contributed by atoms with Crippen LogP contribution in [-0.4, -0.2) is 64.6 Å². The molecule has 2 rings (SSSR count). The van der Waals surface area contributed by atoms with Gasteiger partial charge in [0.15, 0.2) is 0 Å². The number of piperazine rings is 1. The number of hydrogen-bond acceptors (Lipinski definition) is 6. The second kappa shape index (κ2) is 5.19. The average molecular weight is 265 g/mol. The van der Waals surface area contributed by atoms with Gasteiger partial charge in [0.2, 0.25) is 0 Å². The number of primary amides is 1. The van der Waals surface area contributed by atoms with Gasteiger partial charge in [-0.15, -0.1) is 0 Å². The molecule has 0 spiro atoms. The maximum Gasteiger partial charge on any atom is 0.322 e. The van der Waals surface area contributed by atoms with Gasteiger partial charge in [0.25, 0.3) is 5.91 Å². The molecule has 0 radical (unpaired) electrons. The highest BCUT2D eigenvalue weighted by Crippen LogP contribution is 2.15. The number of carboxylic acids is 1. The highest BCUT2D eigenvalue weighted by molar-refractivity contribution is 5.90. The smallest absolute Gasteiger partial charge is 0.322 e. The van der Waals surface area contributed by atoms with E-state index in [1.807, 2.05) is 0 Å². The summed E-state index contributed by atoms with van der Waals surface area (Å²) in [6.45, 7) is 1.51. The van der Waals surface area contributed by atoms with Crippen LogP contribution in [-0.2, 0) is 4.79 Å². The molecule has 8 nitrogen and oxygen atoms in total. The Bertz CT molecular complexity index is 507. The molecule has 19 heavy (non-hydrogen) atoms. The molecule has 1 atom stereocenters. The van der Waals surface area contributed by atoms with Crippen molar-refractivity contribution in [2.75, 3.05) is 31.6 Å². The molecule has 1 amide bonds. The first kappa shape index (κ1) is 13.2. The lowest BCUT2D eigenvalue weighted by atomic mass is 10.2. The molecule has 1 aliphatic heterocycles. The van der Waals surface area contributed by atoms with E-state index in [-0.39, 0.29) is 5.69 Å². The highest BCUT2D eigenvalue weighted by atomic mass is 16.4. The lowest BCUT2D eigenvalue weighted by Crippen LogP contribution is -2.55. The Hall–Kier alpha value is -2.22. The molecule has 1 aromatic heterocycles. The molecule has 8 heteroatoms. The molecule has 0 bridgehead atoms. The Morgan fingerprint density at radius 2 is 2.16 bits per heavy atom. The first-order valence-electron chi connectivity index (χ1n) is 5.79. The number of anilines is 1. The number of hydrogen-bond donors (Lipinski definition) is 2. The maximum atomic E-state index is 11.1. The van der Waals surface area contributed by atoms with E-state index in [1.165, 1.54) is 12.4 Å². The van der Waals surface area contributed by atoms with E-state index in [0.29, 0.717) is 25.5 Å². The number of carbonyl (C=O) groups is 2. The van der Waals surface area contributed by atoms with Crippen LogP contribution in [0.3, 0.4) is 0 Å². The first-order valence-corrected chi connectivity index (χ1v) is 5.79. The van der Waals surface area contributed by atoms with Crippen LogP contribution in [0.5, 0.6) is 0 Å². The van der Waals surface area contributed by atoms with Crippen LogP contribution in [0, 0.1) is 0 Å². The third kappa shape index (κ3) is 2.79. The summed E-state index contributed by atoms with van der Waals surface area (Å²) < 4.78 is 0. The number of likely N-dealkylation sites (N-methyl/N-ethyl adjacent to an activating group) is 1. The molecule has 0 saturated carbocycles. The number of carboxylic acid groups (broad SMARTS) is 1. The summed E-state index contributed by atoms with van der Waals surface area (Å²) in [4.78, 5) is 33.8.